The van der Waals surface area contributed by atoms with Crippen molar-refractivity contribution in [3.05, 3.63) is 99.8 Å². The van der Waals surface area contributed by atoms with Gasteiger partial charge in [0.25, 0.3) is 5.91 Å². The molecule has 0 fully saturated rings. The van der Waals surface area contributed by atoms with E-state index in [4.69, 9.17) is 16.3 Å². The maximum absolute atomic E-state index is 12.8. The SMILES string of the molecule is COc1ccccc1C(=O)NCc1nnc(SCc2cccc(C)c2)n1-c1cc(Cl)ccc1C. The van der Waals surface area contributed by atoms with E-state index in [0.29, 0.717) is 22.2 Å². The number of methoxy groups -OCH3 is 1. The average Bonchev–Trinajstić information content (AvgIpc) is 3.25. The van der Waals surface area contributed by atoms with Crippen LogP contribution in [0.15, 0.2) is 71.9 Å². The molecule has 0 atom stereocenters. The summed E-state index contributed by atoms with van der Waals surface area (Å²) in [6.45, 7) is 4.28. The lowest BCUT2D eigenvalue weighted by molar-refractivity contribution is 0.0946. The van der Waals surface area contributed by atoms with Crippen molar-refractivity contribution in [2.24, 2.45) is 0 Å². The van der Waals surface area contributed by atoms with Gasteiger partial charge in [-0.25, -0.2) is 0 Å². The Morgan fingerprint density at radius 1 is 1.06 bits per heavy atom. The van der Waals surface area contributed by atoms with E-state index in [2.05, 4.69) is 46.7 Å². The summed E-state index contributed by atoms with van der Waals surface area (Å²) in [5.74, 6) is 1.62. The lowest BCUT2D eigenvalue weighted by Gasteiger charge is -2.14. The van der Waals surface area contributed by atoms with Crippen LogP contribution in [0.25, 0.3) is 5.69 Å². The third kappa shape index (κ3) is 5.43. The van der Waals surface area contributed by atoms with Crippen LogP contribution in [0, 0.1) is 13.8 Å². The van der Waals surface area contributed by atoms with Crippen molar-refractivity contribution in [3.8, 4) is 11.4 Å². The Morgan fingerprint density at radius 3 is 2.68 bits per heavy atom. The molecule has 1 heterocycles. The maximum atomic E-state index is 12.8. The minimum absolute atomic E-state index is 0.195. The first kappa shape index (κ1) is 23.9. The van der Waals surface area contributed by atoms with Crippen LogP contribution in [0.5, 0.6) is 5.75 Å². The molecule has 0 spiro atoms. The van der Waals surface area contributed by atoms with E-state index >= 15 is 0 Å². The zero-order valence-corrected chi connectivity index (χ0v) is 20.8. The van der Waals surface area contributed by atoms with Gasteiger partial charge >= 0.3 is 0 Å². The number of hydrogen-bond acceptors (Lipinski definition) is 5. The summed E-state index contributed by atoms with van der Waals surface area (Å²) >= 11 is 7.91. The summed E-state index contributed by atoms with van der Waals surface area (Å²) in [5, 5.41) is 13.1. The molecular formula is C26H25ClN4O2S. The molecule has 8 heteroatoms. The predicted octanol–water partition coefficient (Wildman–Crippen LogP) is 5.77. The van der Waals surface area contributed by atoms with Gasteiger partial charge in [0, 0.05) is 10.8 Å². The summed E-state index contributed by atoms with van der Waals surface area (Å²) in [6.07, 6.45) is 0. The van der Waals surface area contributed by atoms with Crippen LogP contribution in [0.1, 0.15) is 32.9 Å². The monoisotopic (exact) mass is 492 g/mol. The summed E-state index contributed by atoms with van der Waals surface area (Å²) in [4.78, 5) is 12.8. The smallest absolute Gasteiger partial charge is 0.255 e. The van der Waals surface area contributed by atoms with Crippen molar-refractivity contribution in [1.82, 2.24) is 20.1 Å². The maximum Gasteiger partial charge on any atom is 0.255 e. The molecule has 1 aromatic heterocycles. The summed E-state index contributed by atoms with van der Waals surface area (Å²) in [5.41, 5.74) is 4.78. The molecule has 1 N–H and O–H groups in total. The molecule has 0 radical (unpaired) electrons. The minimum Gasteiger partial charge on any atom is -0.496 e. The van der Waals surface area contributed by atoms with Gasteiger partial charge in [0.1, 0.15) is 5.75 Å². The van der Waals surface area contributed by atoms with E-state index in [0.717, 1.165) is 22.2 Å². The van der Waals surface area contributed by atoms with Gasteiger partial charge < -0.3 is 10.1 Å². The molecule has 174 valence electrons. The predicted molar refractivity (Wildman–Crippen MR) is 136 cm³/mol. The zero-order valence-electron chi connectivity index (χ0n) is 19.2. The number of carbonyl (C=O) groups excluding carboxylic acids is 1. The van der Waals surface area contributed by atoms with Crippen molar-refractivity contribution in [2.45, 2.75) is 31.3 Å². The number of hydrogen-bond donors (Lipinski definition) is 1. The lowest BCUT2D eigenvalue weighted by atomic mass is 10.2. The number of benzene rings is 3. The van der Waals surface area contributed by atoms with Gasteiger partial charge in [0.15, 0.2) is 11.0 Å². The van der Waals surface area contributed by atoms with E-state index in [1.807, 2.05) is 35.8 Å². The van der Waals surface area contributed by atoms with Gasteiger partial charge in [0.05, 0.1) is 24.9 Å². The van der Waals surface area contributed by atoms with Crippen molar-refractivity contribution in [2.75, 3.05) is 7.11 Å². The van der Waals surface area contributed by atoms with Crippen LogP contribution >= 0.6 is 23.4 Å². The van der Waals surface area contributed by atoms with Crippen LogP contribution in [0.3, 0.4) is 0 Å². The quantitative estimate of drug-likeness (QED) is 0.316. The van der Waals surface area contributed by atoms with Gasteiger partial charge in [-0.05, 0) is 49.2 Å². The van der Waals surface area contributed by atoms with Crippen LogP contribution in [0.2, 0.25) is 5.02 Å². The number of rotatable bonds is 8. The second-order valence-corrected chi connectivity index (χ2v) is 9.20. The summed E-state index contributed by atoms with van der Waals surface area (Å²) in [6, 6.07) is 21.2. The topological polar surface area (TPSA) is 69.0 Å². The Kier molecular flexibility index (Phi) is 7.55. The molecule has 6 nitrogen and oxygen atoms in total. The molecule has 0 bridgehead atoms. The van der Waals surface area contributed by atoms with Gasteiger partial charge in [-0.1, -0.05) is 71.4 Å². The van der Waals surface area contributed by atoms with E-state index < -0.39 is 0 Å². The van der Waals surface area contributed by atoms with Crippen LogP contribution in [-0.2, 0) is 12.3 Å². The first-order chi connectivity index (χ1) is 16.5. The Morgan fingerprint density at radius 2 is 1.88 bits per heavy atom. The van der Waals surface area contributed by atoms with Crippen LogP contribution < -0.4 is 10.1 Å². The minimum atomic E-state index is -0.247. The van der Waals surface area contributed by atoms with Crippen molar-refractivity contribution in [1.29, 1.82) is 0 Å². The number of thioether (sulfide) groups is 1. The molecule has 0 aliphatic heterocycles. The molecular weight excluding hydrogens is 468 g/mol. The van der Waals surface area contributed by atoms with E-state index in [9.17, 15) is 4.79 Å². The first-order valence-corrected chi connectivity index (χ1v) is 12.1. The number of ether oxygens (including phenoxy) is 1. The normalized spacial score (nSPS) is 10.8. The third-order valence-corrected chi connectivity index (χ3v) is 6.56. The molecule has 0 aliphatic carbocycles. The highest BCUT2D eigenvalue weighted by molar-refractivity contribution is 7.98. The number of amides is 1. The van der Waals surface area contributed by atoms with Crippen LogP contribution in [0.4, 0.5) is 0 Å². The molecule has 0 saturated carbocycles. The number of nitrogens with one attached hydrogen (secondary N) is 1. The first-order valence-electron chi connectivity index (χ1n) is 10.8. The largest absolute Gasteiger partial charge is 0.496 e. The van der Waals surface area contributed by atoms with Crippen molar-refractivity contribution in [3.63, 3.8) is 0 Å². The number of para-hydroxylation sites is 1. The highest BCUT2D eigenvalue weighted by Crippen LogP contribution is 2.29. The fourth-order valence-electron chi connectivity index (χ4n) is 3.61. The highest BCUT2D eigenvalue weighted by Gasteiger charge is 2.19. The second kappa shape index (κ2) is 10.8. The second-order valence-electron chi connectivity index (χ2n) is 7.83. The molecule has 0 saturated heterocycles. The van der Waals surface area contributed by atoms with E-state index in [1.54, 1.807) is 37.1 Å². The Bertz CT molecular complexity index is 1320. The number of carbonyl (C=O) groups is 1. The molecule has 0 unspecified atom stereocenters. The zero-order chi connectivity index (χ0) is 24.1. The van der Waals surface area contributed by atoms with Crippen LogP contribution in [-0.4, -0.2) is 27.8 Å². The third-order valence-electron chi connectivity index (χ3n) is 5.32. The number of aryl methyl sites for hydroxylation is 2. The Balaban J connectivity index is 1.63. The standard InChI is InChI=1S/C26H25ClN4O2S/c1-17-7-6-8-19(13-17)16-34-26-30-29-24(31(26)22-14-20(27)12-11-18(22)2)15-28-25(32)21-9-4-5-10-23(21)33-3/h4-14H,15-16H2,1-3H3,(H,28,32). The molecule has 1 amide bonds. The molecule has 3 aromatic carbocycles. The fourth-order valence-corrected chi connectivity index (χ4v) is 4.68. The summed E-state index contributed by atoms with van der Waals surface area (Å²) in [7, 11) is 1.54. The van der Waals surface area contributed by atoms with Gasteiger partial charge in [0.2, 0.25) is 0 Å². The van der Waals surface area contributed by atoms with Crippen molar-refractivity contribution >= 4 is 29.3 Å². The lowest BCUT2D eigenvalue weighted by Crippen LogP contribution is -2.25. The fraction of sp³-hybridized carbons (Fsp3) is 0.192. The number of halogens is 1. The van der Waals surface area contributed by atoms with Gasteiger partial charge in [-0.3, -0.25) is 9.36 Å². The van der Waals surface area contributed by atoms with Gasteiger partial charge in [-0.15, -0.1) is 10.2 Å². The van der Waals surface area contributed by atoms with E-state index in [1.165, 1.54) is 11.1 Å². The number of nitrogens with zero attached hydrogens (tertiary/aromatic N) is 3. The molecule has 0 aliphatic rings. The van der Waals surface area contributed by atoms with E-state index in [-0.39, 0.29) is 12.5 Å². The summed E-state index contributed by atoms with van der Waals surface area (Å²) < 4.78 is 7.28. The average molecular weight is 493 g/mol. The van der Waals surface area contributed by atoms with Crippen molar-refractivity contribution < 1.29 is 9.53 Å². The highest BCUT2D eigenvalue weighted by atomic mass is 35.5. The Labute approximate surface area is 208 Å². The molecule has 34 heavy (non-hydrogen) atoms. The Hall–Kier alpha value is -3.29. The number of aromatic nitrogens is 3. The molecule has 4 aromatic rings. The van der Waals surface area contributed by atoms with Gasteiger partial charge in [-0.2, -0.15) is 0 Å². The molecule has 4 rings (SSSR count).